The SMILES string of the molecule is COc1ccc2nc(N3CCCC(C(=O)Nc4cccnc4)C3)sc2c1. The third kappa shape index (κ3) is 3.48. The van der Waals surface area contributed by atoms with Crippen LogP contribution in [-0.2, 0) is 4.79 Å². The van der Waals surface area contributed by atoms with E-state index >= 15 is 0 Å². The van der Waals surface area contributed by atoms with Gasteiger partial charge in [0.1, 0.15) is 5.75 Å². The average molecular weight is 368 g/mol. The average Bonchev–Trinajstić information content (AvgIpc) is 3.12. The molecule has 0 radical (unpaired) electrons. The molecule has 1 unspecified atom stereocenters. The molecular formula is C19H20N4O2S. The van der Waals surface area contributed by atoms with Gasteiger partial charge < -0.3 is 15.0 Å². The lowest BCUT2D eigenvalue weighted by Crippen LogP contribution is -2.40. The van der Waals surface area contributed by atoms with Gasteiger partial charge in [-0.2, -0.15) is 0 Å². The first-order chi connectivity index (χ1) is 12.7. The first-order valence-corrected chi connectivity index (χ1v) is 9.45. The minimum absolute atomic E-state index is 0.0467. The Labute approximate surface area is 155 Å². The molecule has 1 saturated heterocycles. The summed E-state index contributed by atoms with van der Waals surface area (Å²) in [7, 11) is 1.67. The minimum Gasteiger partial charge on any atom is -0.497 e. The van der Waals surface area contributed by atoms with E-state index in [0.717, 1.165) is 46.2 Å². The molecule has 2 aromatic heterocycles. The number of thiazole rings is 1. The van der Waals surface area contributed by atoms with Crippen LogP contribution in [0, 0.1) is 5.92 Å². The molecule has 0 spiro atoms. The van der Waals surface area contributed by atoms with Crippen LogP contribution in [0.25, 0.3) is 10.2 Å². The van der Waals surface area contributed by atoms with Crippen LogP contribution >= 0.6 is 11.3 Å². The highest BCUT2D eigenvalue weighted by molar-refractivity contribution is 7.22. The Balaban J connectivity index is 1.48. The zero-order valence-corrected chi connectivity index (χ0v) is 15.3. The lowest BCUT2D eigenvalue weighted by Gasteiger charge is -2.31. The first-order valence-electron chi connectivity index (χ1n) is 8.63. The molecule has 1 atom stereocenters. The second kappa shape index (κ2) is 7.29. The van der Waals surface area contributed by atoms with Crippen LogP contribution < -0.4 is 15.0 Å². The van der Waals surface area contributed by atoms with Gasteiger partial charge in [0.2, 0.25) is 5.91 Å². The number of rotatable bonds is 4. The van der Waals surface area contributed by atoms with Gasteiger partial charge in [-0.3, -0.25) is 9.78 Å². The number of aromatic nitrogens is 2. The van der Waals surface area contributed by atoms with E-state index in [1.54, 1.807) is 30.8 Å². The van der Waals surface area contributed by atoms with Crippen LogP contribution in [-0.4, -0.2) is 36.1 Å². The summed E-state index contributed by atoms with van der Waals surface area (Å²) in [6.07, 6.45) is 5.23. The highest BCUT2D eigenvalue weighted by atomic mass is 32.1. The molecule has 6 nitrogen and oxygen atoms in total. The number of hydrogen-bond donors (Lipinski definition) is 1. The molecule has 1 aliphatic heterocycles. The summed E-state index contributed by atoms with van der Waals surface area (Å²) in [5.41, 5.74) is 1.70. The van der Waals surface area contributed by atoms with Gasteiger partial charge in [0.15, 0.2) is 5.13 Å². The van der Waals surface area contributed by atoms with Gasteiger partial charge in [-0.05, 0) is 43.2 Å². The van der Waals surface area contributed by atoms with Gasteiger partial charge in [-0.1, -0.05) is 11.3 Å². The highest BCUT2D eigenvalue weighted by Crippen LogP contribution is 2.33. The fraction of sp³-hybridized carbons (Fsp3) is 0.316. The maximum Gasteiger partial charge on any atom is 0.229 e. The van der Waals surface area contributed by atoms with Crippen LogP contribution in [0.15, 0.2) is 42.7 Å². The largest absolute Gasteiger partial charge is 0.497 e. The summed E-state index contributed by atoms with van der Waals surface area (Å²) in [5.74, 6) is 0.830. The Morgan fingerprint density at radius 1 is 1.38 bits per heavy atom. The van der Waals surface area contributed by atoms with Crippen molar-refractivity contribution >= 4 is 38.3 Å². The standard InChI is InChI=1S/C19H20N4O2S/c1-25-15-6-7-16-17(10-15)26-19(22-16)23-9-3-4-13(12-23)18(24)21-14-5-2-8-20-11-14/h2,5-8,10-11,13H,3-4,9,12H2,1H3,(H,21,24). The molecule has 0 aliphatic carbocycles. The summed E-state index contributed by atoms with van der Waals surface area (Å²) >= 11 is 1.64. The number of nitrogens with one attached hydrogen (secondary N) is 1. The van der Waals surface area contributed by atoms with Crippen molar-refractivity contribution in [3.63, 3.8) is 0 Å². The molecular weight excluding hydrogens is 348 g/mol. The summed E-state index contributed by atoms with van der Waals surface area (Å²) in [6.45, 7) is 1.61. The van der Waals surface area contributed by atoms with Crippen molar-refractivity contribution in [2.45, 2.75) is 12.8 Å². The molecule has 3 aromatic rings. The summed E-state index contributed by atoms with van der Waals surface area (Å²) in [6, 6.07) is 9.58. The number of benzene rings is 1. The molecule has 1 aromatic carbocycles. The second-order valence-corrected chi connectivity index (χ2v) is 7.36. The van der Waals surface area contributed by atoms with Gasteiger partial charge in [0.25, 0.3) is 0 Å². The quantitative estimate of drug-likeness (QED) is 0.763. The lowest BCUT2D eigenvalue weighted by atomic mass is 9.97. The number of hydrogen-bond acceptors (Lipinski definition) is 6. The maximum absolute atomic E-state index is 12.6. The fourth-order valence-corrected chi connectivity index (χ4v) is 4.23. The van der Waals surface area contributed by atoms with E-state index in [4.69, 9.17) is 9.72 Å². The number of piperidine rings is 1. The third-order valence-corrected chi connectivity index (χ3v) is 5.66. The Morgan fingerprint density at radius 3 is 3.12 bits per heavy atom. The van der Waals surface area contributed by atoms with Crippen LogP contribution in [0.5, 0.6) is 5.75 Å². The van der Waals surface area contributed by atoms with Crippen molar-refractivity contribution in [3.8, 4) is 5.75 Å². The van der Waals surface area contributed by atoms with Crippen LogP contribution in [0.1, 0.15) is 12.8 Å². The number of ether oxygens (including phenoxy) is 1. The Bertz CT molecular complexity index is 912. The monoisotopic (exact) mass is 368 g/mol. The van der Waals surface area contributed by atoms with E-state index in [0.29, 0.717) is 6.54 Å². The smallest absolute Gasteiger partial charge is 0.229 e. The Hall–Kier alpha value is -2.67. The zero-order chi connectivity index (χ0) is 17.9. The molecule has 7 heteroatoms. The summed E-state index contributed by atoms with van der Waals surface area (Å²) in [5, 5.41) is 3.93. The fourth-order valence-electron chi connectivity index (χ4n) is 3.20. The summed E-state index contributed by atoms with van der Waals surface area (Å²) < 4.78 is 6.39. The molecule has 1 amide bonds. The Kier molecular flexibility index (Phi) is 4.71. The van der Waals surface area contributed by atoms with E-state index in [1.165, 1.54) is 0 Å². The number of nitrogens with zero attached hydrogens (tertiary/aromatic N) is 3. The zero-order valence-electron chi connectivity index (χ0n) is 14.5. The summed E-state index contributed by atoms with van der Waals surface area (Å²) in [4.78, 5) is 23.6. The van der Waals surface area contributed by atoms with Crippen molar-refractivity contribution in [3.05, 3.63) is 42.7 Å². The van der Waals surface area contributed by atoms with Crippen LogP contribution in [0.4, 0.5) is 10.8 Å². The van der Waals surface area contributed by atoms with Crippen LogP contribution in [0.2, 0.25) is 0 Å². The minimum atomic E-state index is -0.0505. The van der Waals surface area contributed by atoms with Gasteiger partial charge in [-0.25, -0.2) is 4.98 Å². The second-order valence-electron chi connectivity index (χ2n) is 6.35. The van der Waals surface area contributed by atoms with Gasteiger partial charge in [0, 0.05) is 19.3 Å². The van der Waals surface area contributed by atoms with Gasteiger partial charge in [-0.15, -0.1) is 0 Å². The molecule has 26 heavy (non-hydrogen) atoms. The van der Waals surface area contributed by atoms with E-state index in [9.17, 15) is 4.79 Å². The van der Waals surface area contributed by atoms with Crippen molar-refractivity contribution in [1.82, 2.24) is 9.97 Å². The number of carbonyl (C=O) groups is 1. The third-order valence-electron chi connectivity index (χ3n) is 4.58. The number of pyridine rings is 1. The highest BCUT2D eigenvalue weighted by Gasteiger charge is 2.27. The predicted octanol–water partition coefficient (Wildman–Crippen LogP) is 3.56. The normalized spacial score (nSPS) is 17.3. The van der Waals surface area contributed by atoms with E-state index in [1.807, 2.05) is 30.3 Å². The number of methoxy groups -OCH3 is 1. The molecule has 1 aliphatic rings. The molecule has 4 rings (SSSR count). The molecule has 1 fully saturated rings. The lowest BCUT2D eigenvalue weighted by molar-refractivity contribution is -0.120. The topological polar surface area (TPSA) is 67.3 Å². The molecule has 3 heterocycles. The number of amides is 1. The van der Waals surface area contributed by atoms with E-state index in [2.05, 4.69) is 15.2 Å². The van der Waals surface area contributed by atoms with Crippen LogP contribution in [0.3, 0.4) is 0 Å². The van der Waals surface area contributed by atoms with Gasteiger partial charge in [0.05, 0.1) is 35.1 Å². The van der Waals surface area contributed by atoms with E-state index < -0.39 is 0 Å². The number of carbonyl (C=O) groups excluding carboxylic acids is 1. The molecule has 1 N–H and O–H groups in total. The number of fused-ring (bicyclic) bond motifs is 1. The first kappa shape index (κ1) is 16.8. The Morgan fingerprint density at radius 2 is 2.31 bits per heavy atom. The van der Waals surface area contributed by atoms with Crippen molar-refractivity contribution in [2.75, 3.05) is 30.4 Å². The molecule has 134 valence electrons. The van der Waals surface area contributed by atoms with Crippen molar-refractivity contribution in [1.29, 1.82) is 0 Å². The van der Waals surface area contributed by atoms with E-state index in [-0.39, 0.29) is 11.8 Å². The molecule has 0 saturated carbocycles. The van der Waals surface area contributed by atoms with Crippen molar-refractivity contribution in [2.24, 2.45) is 5.92 Å². The predicted molar refractivity (Wildman–Crippen MR) is 104 cm³/mol. The van der Waals surface area contributed by atoms with Crippen molar-refractivity contribution < 1.29 is 9.53 Å². The van der Waals surface area contributed by atoms with Gasteiger partial charge >= 0.3 is 0 Å². The number of anilines is 2. The maximum atomic E-state index is 12.6. The molecule has 0 bridgehead atoms.